The van der Waals surface area contributed by atoms with Gasteiger partial charge in [0.15, 0.2) is 0 Å². The molecule has 0 heterocycles. The number of carbonyl (C=O) groups is 1. The molecule has 2 heteroatoms. The molecule has 0 N–H and O–H groups in total. The topological polar surface area (TPSA) is 26.3 Å². The summed E-state index contributed by atoms with van der Waals surface area (Å²) < 4.78 is 4.72. The molecular formula is C14H18O2. The van der Waals surface area contributed by atoms with Crippen LogP contribution in [-0.2, 0) is 16.0 Å². The lowest BCUT2D eigenvalue weighted by Crippen LogP contribution is -1.93. The van der Waals surface area contributed by atoms with Crippen LogP contribution in [0.2, 0.25) is 0 Å². The van der Waals surface area contributed by atoms with Crippen molar-refractivity contribution in [2.45, 2.75) is 27.2 Å². The molecule has 0 bridgehead atoms. The van der Waals surface area contributed by atoms with E-state index in [1.807, 2.05) is 12.1 Å². The number of carbonyl (C=O) groups excluding carboxylic acids is 1. The van der Waals surface area contributed by atoms with Crippen molar-refractivity contribution in [2.75, 3.05) is 0 Å². The number of esters is 1. The Balaban J connectivity index is 2.57. The SMILES string of the molecule is CC(=O)OC=Cc1ccc(CC(C)C)cc1. The Labute approximate surface area is 96.9 Å². The van der Waals surface area contributed by atoms with Crippen LogP contribution in [0, 0.1) is 5.92 Å². The summed E-state index contributed by atoms with van der Waals surface area (Å²) in [5.74, 6) is 0.370. The molecule has 0 fully saturated rings. The second kappa shape index (κ2) is 6.11. The zero-order valence-electron chi connectivity index (χ0n) is 10.1. The number of benzene rings is 1. The molecule has 1 aromatic rings. The third-order valence-corrected chi connectivity index (χ3v) is 2.12. The van der Waals surface area contributed by atoms with Gasteiger partial charge in [0.05, 0.1) is 6.26 Å². The monoisotopic (exact) mass is 218 g/mol. The second-order valence-electron chi connectivity index (χ2n) is 4.25. The molecule has 0 saturated heterocycles. The van der Waals surface area contributed by atoms with Gasteiger partial charge in [-0.15, -0.1) is 0 Å². The molecule has 0 amide bonds. The van der Waals surface area contributed by atoms with Crippen molar-refractivity contribution in [3.8, 4) is 0 Å². The standard InChI is InChI=1S/C14H18O2/c1-11(2)10-14-6-4-13(5-7-14)8-9-16-12(3)15/h4-9,11H,10H2,1-3H3. The Bertz CT molecular complexity index is 361. The quantitative estimate of drug-likeness (QED) is 0.571. The molecule has 0 unspecified atom stereocenters. The summed E-state index contributed by atoms with van der Waals surface area (Å²) in [6.45, 7) is 5.79. The summed E-state index contributed by atoms with van der Waals surface area (Å²) in [4.78, 5) is 10.5. The van der Waals surface area contributed by atoms with Crippen molar-refractivity contribution in [3.05, 3.63) is 41.7 Å². The van der Waals surface area contributed by atoms with Crippen molar-refractivity contribution in [1.82, 2.24) is 0 Å². The van der Waals surface area contributed by atoms with Crippen molar-refractivity contribution < 1.29 is 9.53 Å². The van der Waals surface area contributed by atoms with Gasteiger partial charge in [0, 0.05) is 6.92 Å². The van der Waals surface area contributed by atoms with Crippen LogP contribution in [0.4, 0.5) is 0 Å². The Kier molecular flexibility index (Phi) is 4.77. The van der Waals surface area contributed by atoms with E-state index in [4.69, 9.17) is 4.74 Å². The zero-order chi connectivity index (χ0) is 12.0. The predicted molar refractivity (Wildman–Crippen MR) is 65.8 cm³/mol. The summed E-state index contributed by atoms with van der Waals surface area (Å²) in [7, 11) is 0. The summed E-state index contributed by atoms with van der Waals surface area (Å²) >= 11 is 0. The third-order valence-electron chi connectivity index (χ3n) is 2.12. The molecule has 0 aliphatic heterocycles. The smallest absolute Gasteiger partial charge is 0.307 e. The first-order valence-electron chi connectivity index (χ1n) is 5.50. The molecule has 0 spiro atoms. The fourth-order valence-electron chi connectivity index (χ4n) is 1.44. The van der Waals surface area contributed by atoms with Gasteiger partial charge >= 0.3 is 5.97 Å². The molecule has 16 heavy (non-hydrogen) atoms. The lowest BCUT2D eigenvalue weighted by atomic mass is 10.0. The van der Waals surface area contributed by atoms with E-state index in [2.05, 4.69) is 26.0 Å². The molecule has 2 nitrogen and oxygen atoms in total. The number of hydrogen-bond donors (Lipinski definition) is 0. The first kappa shape index (κ1) is 12.5. The maximum Gasteiger partial charge on any atom is 0.307 e. The van der Waals surface area contributed by atoms with Gasteiger partial charge in [-0.05, 0) is 29.5 Å². The van der Waals surface area contributed by atoms with Crippen LogP contribution in [0.1, 0.15) is 31.9 Å². The molecule has 0 radical (unpaired) electrons. The minimum atomic E-state index is -0.298. The average Bonchev–Trinajstić information content (AvgIpc) is 2.19. The molecule has 1 aromatic carbocycles. The first-order valence-corrected chi connectivity index (χ1v) is 5.50. The fraction of sp³-hybridized carbons (Fsp3) is 0.357. The van der Waals surface area contributed by atoms with Gasteiger partial charge < -0.3 is 4.74 Å². The fourth-order valence-corrected chi connectivity index (χ4v) is 1.44. The minimum Gasteiger partial charge on any atom is -0.435 e. The van der Waals surface area contributed by atoms with Gasteiger partial charge in [-0.2, -0.15) is 0 Å². The van der Waals surface area contributed by atoms with E-state index >= 15 is 0 Å². The summed E-state index contributed by atoms with van der Waals surface area (Å²) in [6.07, 6.45) is 4.29. The summed E-state index contributed by atoms with van der Waals surface area (Å²) in [5.41, 5.74) is 2.37. The zero-order valence-corrected chi connectivity index (χ0v) is 10.1. The molecule has 0 atom stereocenters. The van der Waals surface area contributed by atoms with Crippen molar-refractivity contribution in [1.29, 1.82) is 0 Å². The molecule has 0 aliphatic rings. The maximum atomic E-state index is 10.5. The van der Waals surface area contributed by atoms with Crippen molar-refractivity contribution in [2.24, 2.45) is 5.92 Å². The Morgan fingerprint density at radius 2 is 1.94 bits per heavy atom. The van der Waals surface area contributed by atoms with Gasteiger partial charge in [0.1, 0.15) is 0 Å². The van der Waals surface area contributed by atoms with Gasteiger partial charge in [0.2, 0.25) is 0 Å². The van der Waals surface area contributed by atoms with E-state index in [-0.39, 0.29) is 5.97 Å². The van der Waals surface area contributed by atoms with Crippen LogP contribution < -0.4 is 0 Å². The molecular weight excluding hydrogens is 200 g/mol. The van der Waals surface area contributed by atoms with Gasteiger partial charge in [-0.25, -0.2) is 0 Å². The average molecular weight is 218 g/mol. The first-order chi connectivity index (χ1) is 7.58. The van der Waals surface area contributed by atoms with Crippen LogP contribution in [-0.4, -0.2) is 5.97 Å². The van der Waals surface area contributed by atoms with E-state index < -0.39 is 0 Å². The largest absolute Gasteiger partial charge is 0.435 e. The number of ether oxygens (including phenoxy) is 1. The van der Waals surface area contributed by atoms with Gasteiger partial charge in [0.25, 0.3) is 0 Å². The van der Waals surface area contributed by atoms with Gasteiger partial charge in [-0.3, -0.25) is 4.79 Å². The van der Waals surface area contributed by atoms with Crippen LogP contribution >= 0.6 is 0 Å². The maximum absolute atomic E-state index is 10.5. The summed E-state index contributed by atoms with van der Waals surface area (Å²) in [6, 6.07) is 8.26. The van der Waals surface area contributed by atoms with Crippen LogP contribution in [0.25, 0.3) is 6.08 Å². The molecule has 1 rings (SSSR count). The second-order valence-corrected chi connectivity index (χ2v) is 4.25. The Hall–Kier alpha value is -1.57. The van der Waals surface area contributed by atoms with Crippen LogP contribution in [0.15, 0.2) is 30.5 Å². The Morgan fingerprint density at radius 3 is 2.44 bits per heavy atom. The molecule has 86 valence electrons. The lowest BCUT2D eigenvalue weighted by Gasteiger charge is -2.04. The summed E-state index contributed by atoms with van der Waals surface area (Å²) in [5, 5.41) is 0. The van der Waals surface area contributed by atoms with E-state index in [9.17, 15) is 4.79 Å². The highest BCUT2D eigenvalue weighted by Gasteiger charge is 1.96. The lowest BCUT2D eigenvalue weighted by molar-refractivity contribution is -0.135. The van der Waals surface area contributed by atoms with Crippen molar-refractivity contribution in [3.63, 3.8) is 0 Å². The van der Waals surface area contributed by atoms with Crippen LogP contribution in [0.5, 0.6) is 0 Å². The highest BCUT2D eigenvalue weighted by molar-refractivity contribution is 5.67. The highest BCUT2D eigenvalue weighted by atomic mass is 16.5. The van der Waals surface area contributed by atoms with E-state index in [1.165, 1.54) is 18.7 Å². The number of rotatable bonds is 4. The van der Waals surface area contributed by atoms with E-state index in [1.54, 1.807) is 6.08 Å². The Morgan fingerprint density at radius 1 is 1.31 bits per heavy atom. The predicted octanol–water partition coefficient (Wildman–Crippen LogP) is 3.42. The molecule has 0 aliphatic carbocycles. The van der Waals surface area contributed by atoms with Crippen molar-refractivity contribution >= 4 is 12.0 Å². The number of hydrogen-bond acceptors (Lipinski definition) is 2. The minimum absolute atomic E-state index is 0.298. The van der Waals surface area contributed by atoms with E-state index in [0.29, 0.717) is 5.92 Å². The van der Waals surface area contributed by atoms with Gasteiger partial charge in [-0.1, -0.05) is 38.1 Å². The normalized spacial score (nSPS) is 11.0. The third kappa shape index (κ3) is 4.78. The highest BCUT2D eigenvalue weighted by Crippen LogP contribution is 2.10. The molecule has 0 aromatic heterocycles. The van der Waals surface area contributed by atoms with Crippen LogP contribution in [0.3, 0.4) is 0 Å². The van der Waals surface area contributed by atoms with E-state index in [0.717, 1.165) is 12.0 Å². The molecule has 0 saturated carbocycles.